The highest BCUT2D eigenvalue weighted by Gasteiger charge is 2.15. The molecule has 0 aliphatic carbocycles. The molecular weight excluding hydrogens is 300 g/mol. The number of carbonyl (C=O) groups is 1. The van der Waals surface area contributed by atoms with Crippen LogP contribution in [0.25, 0.3) is 0 Å². The van der Waals surface area contributed by atoms with Gasteiger partial charge in [0.25, 0.3) is 5.91 Å². The Morgan fingerprint density at radius 1 is 1.27 bits per heavy atom. The van der Waals surface area contributed by atoms with E-state index in [1.807, 2.05) is 19.1 Å². The summed E-state index contributed by atoms with van der Waals surface area (Å²) >= 11 is 0. The zero-order valence-corrected chi connectivity index (χ0v) is 14.8. The van der Waals surface area contributed by atoms with Crippen molar-refractivity contribution in [2.45, 2.75) is 52.6 Å². The lowest BCUT2D eigenvalue weighted by Gasteiger charge is -2.18. The molecule has 1 aromatic rings. The number of nitrogens with two attached hydrogens (primary N) is 1. The Morgan fingerprint density at radius 3 is 2.55 bits per heavy atom. The molecule has 0 bridgehead atoms. The number of hydrogen-bond acceptors (Lipinski definition) is 3. The van der Waals surface area contributed by atoms with Crippen molar-refractivity contribution >= 4 is 18.3 Å². The van der Waals surface area contributed by atoms with Crippen LogP contribution in [-0.2, 0) is 4.79 Å². The second kappa shape index (κ2) is 10.5. The normalized spacial score (nSPS) is 11.7. The minimum Gasteiger partial charge on any atom is -0.481 e. The van der Waals surface area contributed by atoms with Crippen molar-refractivity contribution in [3.8, 4) is 5.75 Å². The van der Waals surface area contributed by atoms with Crippen molar-refractivity contribution in [2.24, 2.45) is 5.73 Å². The average Bonchev–Trinajstić information content (AvgIpc) is 2.45. The molecule has 0 aromatic heterocycles. The summed E-state index contributed by atoms with van der Waals surface area (Å²) in [5, 5.41) is 2.87. The lowest BCUT2D eigenvalue weighted by molar-refractivity contribution is -0.127. The summed E-state index contributed by atoms with van der Waals surface area (Å²) in [4.78, 5) is 12.0. The van der Waals surface area contributed by atoms with Gasteiger partial charge in [-0.3, -0.25) is 4.79 Å². The first-order chi connectivity index (χ1) is 9.95. The van der Waals surface area contributed by atoms with Crippen LogP contribution in [0.3, 0.4) is 0 Å². The summed E-state index contributed by atoms with van der Waals surface area (Å²) < 4.78 is 5.82. The third-order valence-corrected chi connectivity index (χ3v) is 3.48. The number of halogens is 1. The number of amides is 1. The molecule has 0 saturated heterocycles. The van der Waals surface area contributed by atoms with Crippen LogP contribution in [0.4, 0.5) is 0 Å². The maximum Gasteiger partial charge on any atom is 0.260 e. The molecule has 0 aliphatic heterocycles. The fourth-order valence-electron chi connectivity index (χ4n) is 1.97. The number of nitrogens with one attached hydrogen (secondary N) is 1. The van der Waals surface area contributed by atoms with Crippen molar-refractivity contribution in [3.05, 3.63) is 29.3 Å². The molecule has 1 amide bonds. The zero-order valence-electron chi connectivity index (χ0n) is 14.0. The van der Waals surface area contributed by atoms with Crippen LogP contribution in [0.15, 0.2) is 18.2 Å². The molecule has 0 heterocycles. The molecule has 126 valence electrons. The molecule has 5 heteroatoms. The van der Waals surface area contributed by atoms with Gasteiger partial charge in [0.05, 0.1) is 0 Å². The van der Waals surface area contributed by atoms with Crippen LogP contribution in [-0.4, -0.2) is 25.1 Å². The quantitative estimate of drug-likeness (QED) is 0.720. The average molecular weight is 329 g/mol. The van der Waals surface area contributed by atoms with Crippen LogP contribution in [0.2, 0.25) is 0 Å². The van der Waals surface area contributed by atoms with Crippen molar-refractivity contribution < 1.29 is 9.53 Å². The highest BCUT2D eigenvalue weighted by molar-refractivity contribution is 5.85. The molecular formula is C17H29ClN2O2. The van der Waals surface area contributed by atoms with Crippen molar-refractivity contribution in [1.82, 2.24) is 5.32 Å². The summed E-state index contributed by atoms with van der Waals surface area (Å²) in [5.41, 5.74) is 7.68. The van der Waals surface area contributed by atoms with Crippen molar-refractivity contribution in [2.75, 3.05) is 13.1 Å². The van der Waals surface area contributed by atoms with E-state index >= 15 is 0 Å². The minimum atomic E-state index is -0.496. The second-order valence-corrected chi connectivity index (χ2v) is 5.73. The van der Waals surface area contributed by atoms with Gasteiger partial charge in [-0.2, -0.15) is 0 Å². The first kappa shape index (κ1) is 20.7. The molecule has 4 nitrogen and oxygen atoms in total. The van der Waals surface area contributed by atoms with E-state index in [9.17, 15) is 4.79 Å². The van der Waals surface area contributed by atoms with E-state index in [2.05, 4.69) is 25.2 Å². The second-order valence-electron chi connectivity index (χ2n) is 5.73. The molecule has 22 heavy (non-hydrogen) atoms. The van der Waals surface area contributed by atoms with Crippen LogP contribution in [0.5, 0.6) is 5.75 Å². The van der Waals surface area contributed by atoms with E-state index in [1.54, 1.807) is 6.92 Å². The standard InChI is InChI=1S/C17H28N2O2.ClH/c1-12(2)15-8-7-13(3)16(11-15)21-14(4)17(20)19-10-6-5-9-18;/h7-8,11-12,14H,5-6,9-10,18H2,1-4H3,(H,19,20);1H. The van der Waals surface area contributed by atoms with Gasteiger partial charge in [-0.1, -0.05) is 26.0 Å². The van der Waals surface area contributed by atoms with E-state index in [1.165, 1.54) is 5.56 Å². The molecule has 0 saturated carbocycles. The largest absolute Gasteiger partial charge is 0.481 e. The number of rotatable bonds is 8. The Bertz CT molecular complexity index is 464. The fourth-order valence-corrected chi connectivity index (χ4v) is 1.97. The third kappa shape index (κ3) is 6.67. The smallest absolute Gasteiger partial charge is 0.260 e. The zero-order chi connectivity index (χ0) is 15.8. The summed E-state index contributed by atoms with van der Waals surface area (Å²) in [7, 11) is 0. The van der Waals surface area contributed by atoms with Gasteiger partial charge in [-0.15, -0.1) is 12.4 Å². The van der Waals surface area contributed by atoms with E-state index in [-0.39, 0.29) is 18.3 Å². The molecule has 0 aliphatic rings. The molecule has 0 spiro atoms. The van der Waals surface area contributed by atoms with E-state index in [0.717, 1.165) is 24.2 Å². The van der Waals surface area contributed by atoms with Crippen molar-refractivity contribution in [1.29, 1.82) is 0 Å². The highest BCUT2D eigenvalue weighted by Crippen LogP contribution is 2.25. The summed E-state index contributed by atoms with van der Waals surface area (Å²) in [6, 6.07) is 6.17. The van der Waals surface area contributed by atoms with Gasteiger partial charge in [-0.05, 0) is 56.3 Å². The first-order valence-corrected chi connectivity index (χ1v) is 7.70. The predicted octanol–water partition coefficient (Wildman–Crippen LogP) is 3.16. The fraction of sp³-hybridized carbons (Fsp3) is 0.588. The Labute approximate surface area is 140 Å². The molecule has 0 fully saturated rings. The third-order valence-electron chi connectivity index (χ3n) is 3.48. The Balaban J connectivity index is 0.00000441. The number of unbranched alkanes of at least 4 members (excludes halogenated alkanes) is 1. The monoisotopic (exact) mass is 328 g/mol. The van der Waals surface area contributed by atoms with Crippen LogP contribution >= 0.6 is 12.4 Å². The molecule has 1 aromatic carbocycles. The van der Waals surface area contributed by atoms with Gasteiger partial charge in [0, 0.05) is 6.54 Å². The maximum absolute atomic E-state index is 12.0. The van der Waals surface area contributed by atoms with Crippen molar-refractivity contribution in [3.63, 3.8) is 0 Å². The Morgan fingerprint density at radius 2 is 1.95 bits per heavy atom. The Hall–Kier alpha value is -1.26. The van der Waals surface area contributed by atoms with Crippen LogP contribution < -0.4 is 15.8 Å². The number of benzene rings is 1. The highest BCUT2D eigenvalue weighted by atomic mass is 35.5. The van der Waals surface area contributed by atoms with Gasteiger partial charge in [0.1, 0.15) is 5.75 Å². The van der Waals surface area contributed by atoms with Gasteiger partial charge in [-0.25, -0.2) is 0 Å². The number of hydrogen-bond donors (Lipinski definition) is 2. The van der Waals surface area contributed by atoms with Gasteiger partial charge >= 0.3 is 0 Å². The lowest BCUT2D eigenvalue weighted by Crippen LogP contribution is -2.37. The molecule has 1 atom stereocenters. The van der Waals surface area contributed by atoms with Gasteiger partial charge < -0.3 is 15.8 Å². The SMILES string of the molecule is Cc1ccc(C(C)C)cc1OC(C)C(=O)NCCCCN.Cl. The number of ether oxygens (including phenoxy) is 1. The van der Waals surface area contributed by atoms with Gasteiger partial charge in [0.2, 0.25) is 0 Å². The van der Waals surface area contributed by atoms with Crippen LogP contribution in [0, 0.1) is 6.92 Å². The van der Waals surface area contributed by atoms with Crippen LogP contribution in [0.1, 0.15) is 50.7 Å². The molecule has 3 N–H and O–H groups in total. The van der Waals surface area contributed by atoms with E-state index in [0.29, 0.717) is 19.0 Å². The topological polar surface area (TPSA) is 64.3 Å². The number of carbonyl (C=O) groups excluding carboxylic acids is 1. The van der Waals surface area contributed by atoms with E-state index in [4.69, 9.17) is 10.5 Å². The molecule has 1 unspecified atom stereocenters. The van der Waals surface area contributed by atoms with E-state index < -0.39 is 6.10 Å². The lowest BCUT2D eigenvalue weighted by atomic mass is 10.0. The Kier molecular flexibility index (Phi) is 9.86. The molecule has 1 rings (SSSR count). The first-order valence-electron chi connectivity index (χ1n) is 7.70. The minimum absolute atomic E-state index is 0. The maximum atomic E-state index is 12.0. The summed E-state index contributed by atoms with van der Waals surface area (Å²) in [6.45, 7) is 9.35. The summed E-state index contributed by atoms with van der Waals surface area (Å²) in [5.74, 6) is 1.14. The summed E-state index contributed by atoms with van der Waals surface area (Å²) in [6.07, 6.45) is 1.33. The molecule has 0 radical (unpaired) electrons. The number of aryl methyl sites for hydroxylation is 1. The van der Waals surface area contributed by atoms with Gasteiger partial charge in [0.15, 0.2) is 6.10 Å². The predicted molar refractivity (Wildman–Crippen MR) is 93.9 cm³/mol.